The van der Waals surface area contributed by atoms with E-state index in [4.69, 9.17) is 11.6 Å². The first-order chi connectivity index (χ1) is 11.6. The van der Waals surface area contributed by atoms with Crippen molar-refractivity contribution in [2.75, 3.05) is 5.32 Å². The molecule has 24 heavy (non-hydrogen) atoms. The summed E-state index contributed by atoms with van der Waals surface area (Å²) >= 11 is 7.32. The Bertz CT molecular complexity index is 894. The van der Waals surface area contributed by atoms with Gasteiger partial charge in [0.15, 0.2) is 5.01 Å². The number of benzene rings is 2. The molecule has 0 saturated heterocycles. The van der Waals surface area contributed by atoms with Gasteiger partial charge in [0.25, 0.3) is 5.91 Å². The number of hydrogen-bond acceptors (Lipinski definition) is 5. The average Bonchev–Trinajstić information content (AvgIpc) is 3.06. The first kappa shape index (κ1) is 16.2. The van der Waals surface area contributed by atoms with Crippen molar-refractivity contribution in [1.82, 2.24) is 10.2 Å². The van der Waals surface area contributed by atoms with Gasteiger partial charge in [-0.05, 0) is 35.9 Å². The van der Waals surface area contributed by atoms with Gasteiger partial charge < -0.3 is 10.4 Å². The van der Waals surface area contributed by atoms with Crippen LogP contribution in [0.2, 0.25) is 0 Å². The van der Waals surface area contributed by atoms with Crippen LogP contribution in [0.15, 0.2) is 54.6 Å². The van der Waals surface area contributed by atoms with E-state index in [0.29, 0.717) is 15.7 Å². The van der Waals surface area contributed by atoms with Gasteiger partial charge in [0.1, 0.15) is 5.75 Å². The van der Waals surface area contributed by atoms with Crippen LogP contribution in [-0.4, -0.2) is 21.2 Å². The monoisotopic (exact) mass is 357 g/mol. The largest absolute Gasteiger partial charge is 0.508 e. The third kappa shape index (κ3) is 3.98. The zero-order valence-corrected chi connectivity index (χ0v) is 13.9. The van der Waals surface area contributed by atoms with Crippen molar-refractivity contribution in [3.05, 3.63) is 70.2 Å². The molecule has 5 nitrogen and oxygen atoms in total. The van der Waals surface area contributed by atoms with E-state index in [1.807, 2.05) is 18.2 Å². The number of nitrogens with zero attached hydrogens (tertiary/aromatic N) is 2. The molecule has 7 heteroatoms. The minimum absolute atomic E-state index is 0.147. The maximum atomic E-state index is 12.2. The van der Waals surface area contributed by atoms with Crippen molar-refractivity contribution in [3.63, 3.8) is 0 Å². The lowest BCUT2D eigenvalue weighted by Gasteiger charge is -2.00. The summed E-state index contributed by atoms with van der Waals surface area (Å²) in [5.41, 5.74) is 1.41. The number of aromatic hydroxyl groups is 1. The maximum Gasteiger partial charge on any atom is 0.286 e. The Balaban J connectivity index is 1.76. The van der Waals surface area contributed by atoms with Crippen LogP contribution >= 0.6 is 22.9 Å². The summed E-state index contributed by atoms with van der Waals surface area (Å²) in [6, 6.07) is 15.8. The number of hydrogen-bond donors (Lipinski definition) is 2. The van der Waals surface area contributed by atoms with Gasteiger partial charge in [-0.2, -0.15) is 0 Å². The predicted molar refractivity (Wildman–Crippen MR) is 96.1 cm³/mol. The minimum Gasteiger partial charge on any atom is -0.508 e. The zero-order chi connectivity index (χ0) is 16.9. The molecule has 0 unspecified atom stereocenters. The summed E-state index contributed by atoms with van der Waals surface area (Å²) in [6.45, 7) is 0. The van der Waals surface area contributed by atoms with Gasteiger partial charge in [-0.15, -0.1) is 10.2 Å². The predicted octanol–water partition coefficient (Wildman–Crippen LogP) is 4.23. The van der Waals surface area contributed by atoms with Crippen molar-refractivity contribution >= 4 is 45.6 Å². The third-order valence-corrected chi connectivity index (χ3v) is 4.37. The minimum atomic E-state index is -0.341. The Kier molecular flexibility index (Phi) is 4.88. The summed E-state index contributed by atoms with van der Waals surface area (Å²) in [5.74, 6) is -0.194. The first-order valence-corrected chi connectivity index (χ1v) is 8.18. The van der Waals surface area contributed by atoms with E-state index >= 15 is 0 Å². The molecule has 0 aliphatic rings. The molecule has 0 radical (unpaired) electrons. The molecule has 3 aromatic rings. The van der Waals surface area contributed by atoms with Crippen LogP contribution in [0, 0.1) is 0 Å². The smallest absolute Gasteiger partial charge is 0.286 e. The lowest BCUT2D eigenvalue weighted by Crippen LogP contribution is -2.11. The van der Waals surface area contributed by atoms with E-state index in [1.165, 1.54) is 0 Å². The summed E-state index contributed by atoms with van der Waals surface area (Å²) in [7, 11) is 0. The molecule has 0 saturated carbocycles. The quantitative estimate of drug-likeness (QED) is 0.732. The van der Waals surface area contributed by atoms with Crippen LogP contribution < -0.4 is 5.32 Å². The summed E-state index contributed by atoms with van der Waals surface area (Å²) in [4.78, 5) is 12.2. The highest BCUT2D eigenvalue weighted by Crippen LogP contribution is 2.26. The van der Waals surface area contributed by atoms with Crippen molar-refractivity contribution in [2.24, 2.45) is 0 Å². The SMILES string of the molecule is O=C(Nc1ccccc1)c1nnc(/C(Cl)=C/c2cccc(O)c2)s1. The number of rotatable bonds is 4. The fraction of sp³-hybridized carbons (Fsp3) is 0. The third-order valence-electron chi connectivity index (χ3n) is 3.02. The Morgan fingerprint density at radius 1 is 1.08 bits per heavy atom. The molecule has 2 aromatic carbocycles. The molecule has 2 N–H and O–H groups in total. The van der Waals surface area contributed by atoms with Crippen LogP contribution in [0.25, 0.3) is 11.1 Å². The van der Waals surface area contributed by atoms with Crippen LogP contribution in [0.3, 0.4) is 0 Å². The standard InChI is InChI=1S/C17H12ClN3O2S/c18-14(10-11-5-4-8-13(22)9-11)16-20-21-17(24-16)15(23)19-12-6-2-1-3-7-12/h1-10,22H,(H,19,23)/b14-10-. The number of carbonyl (C=O) groups is 1. The normalized spacial score (nSPS) is 11.3. The highest BCUT2D eigenvalue weighted by molar-refractivity contribution is 7.15. The van der Waals surface area contributed by atoms with E-state index in [1.54, 1.807) is 42.5 Å². The number of halogens is 1. The number of aromatic nitrogens is 2. The maximum absolute atomic E-state index is 12.2. The number of phenolic OH excluding ortho intramolecular Hbond substituents is 1. The Hall–Kier alpha value is -2.70. The van der Waals surface area contributed by atoms with Gasteiger partial charge in [-0.25, -0.2) is 0 Å². The second-order valence-electron chi connectivity index (χ2n) is 4.82. The number of phenols is 1. The molecule has 1 aromatic heterocycles. The number of carbonyl (C=O) groups excluding carboxylic acids is 1. The van der Waals surface area contributed by atoms with Crippen LogP contribution in [0.4, 0.5) is 5.69 Å². The number of nitrogens with one attached hydrogen (secondary N) is 1. The number of amides is 1. The number of anilines is 1. The molecule has 1 heterocycles. The molecule has 1 amide bonds. The fourth-order valence-electron chi connectivity index (χ4n) is 1.94. The highest BCUT2D eigenvalue weighted by Gasteiger charge is 2.14. The lowest BCUT2D eigenvalue weighted by atomic mass is 10.2. The second-order valence-corrected chi connectivity index (χ2v) is 6.20. The molecule has 0 atom stereocenters. The Labute approximate surface area is 147 Å². The van der Waals surface area contributed by atoms with E-state index in [-0.39, 0.29) is 16.7 Å². The summed E-state index contributed by atoms with van der Waals surface area (Å²) in [6.07, 6.45) is 1.65. The number of para-hydroxylation sites is 1. The van der Waals surface area contributed by atoms with Crippen LogP contribution in [0.1, 0.15) is 20.4 Å². The Morgan fingerprint density at radius 3 is 2.58 bits per heavy atom. The molecule has 0 bridgehead atoms. The van der Waals surface area contributed by atoms with Crippen molar-refractivity contribution in [1.29, 1.82) is 0 Å². The van der Waals surface area contributed by atoms with E-state index in [0.717, 1.165) is 16.9 Å². The van der Waals surface area contributed by atoms with E-state index in [2.05, 4.69) is 15.5 Å². The van der Waals surface area contributed by atoms with Gasteiger partial charge in [-0.1, -0.05) is 53.3 Å². The second kappa shape index (κ2) is 7.25. The van der Waals surface area contributed by atoms with E-state index in [9.17, 15) is 9.90 Å². The Morgan fingerprint density at radius 2 is 1.83 bits per heavy atom. The van der Waals surface area contributed by atoms with Crippen molar-refractivity contribution in [3.8, 4) is 5.75 Å². The van der Waals surface area contributed by atoms with E-state index < -0.39 is 0 Å². The molecule has 0 aliphatic carbocycles. The molecule has 0 aliphatic heterocycles. The molecular weight excluding hydrogens is 346 g/mol. The molecule has 0 spiro atoms. The fourth-order valence-corrected chi connectivity index (χ4v) is 2.87. The lowest BCUT2D eigenvalue weighted by molar-refractivity contribution is 0.102. The summed E-state index contributed by atoms with van der Waals surface area (Å²) in [5, 5.41) is 21.0. The van der Waals surface area contributed by atoms with Crippen molar-refractivity contribution in [2.45, 2.75) is 0 Å². The highest BCUT2D eigenvalue weighted by atomic mass is 35.5. The van der Waals surface area contributed by atoms with Crippen molar-refractivity contribution < 1.29 is 9.90 Å². The molecule has 120 valence electrons. The molecule has 3 rings (SSSR count). The topological polar surface area (TPSA) is 75.1 Å². The molecule has 0 fully saturated rings. The van der Waals surface area contributed by atoms with Crippen LogP contribution in [0.5, 0.6) is 5.75 Å². The van der Waals surface area contributed by atoms with Gasteiger partial charge in [0, 0.05) is 5.69 Å². The first-order valence-electron chi connectivity index (χ1n) is 6.98. The van der Waals surface area contributed by atoms with Gasteiger partial charge in [0.2, 0.25) is 5.01 Å². The summed E-state index contributed by atoms with van der Waals surface area (Å²) < 4.78 is 0. The van der Waals surface area contributed by atoms with Gasteiger partial charge in [-0.3, -0.25) is 4.79 Å². The molecular formula is C17H12ClN3O2S. The van der Waals surface area contributed by atoms with Gasteiger partial charge >= 0.3 is 0 Å². The van der Waals surface area contributed by atoms with Gasteiger partial charge in [0.05, 0.1) is 5.03 Å². The average molecular weight is 358 g/mol. The van der Waals surface area contributed by atoms with Crippen LogP contribution in [-0.2, 0) is 0 Å². The zero-order valence-electron chi connectivity index (χ0n) is 12.3.